The van der Waals surface area contributed by atoms with Crippen molar-refractivity contribution in [1.29, 1.82) is 0 Å². The van der Waals surface area contributed by atoms with Crippen LogP contribution in [0.5, 0.6) is 5.75 Å². The highest BCUT2D eigenvalue weighted by Gasteiger charge is 2.20. The normalized spacial score (nSPS) is 11.6. The summed E-state index contributed by atoms with van der Waals surface area (Å²) < 4.78 is 5.77. The van der Waals surface area contributed by atoms with Gasteiger partial charge in [0.1, 0.15) is 5.75 Å². The van der Waals surface area contributed by atoms with Gasteiger partial charge in [0.2, 0.25) is 11.0 Å². The van der Waals surface area contributed by atoms with Gasteiger partial charge in [-0.2, -0.15) is 0 Å². The van der Waals surface area contributed by atoms with Gasteiger partial charge in [-0.25, -0.2) is 0 Å². The highest BCUT2D eigenvalue weighted by molar-refractivity contribution is 8.02. The van der Waals surface area contributed by atoms with Crippen LogP contribution in [0.1, 0.15) is 12.5 Å². The third-order valence-electron chi connectivity index (χ3n) is 4.21. The number of nitro groups is 1. The van der Waals surface area contributed by atoms with Crippen LogP contribution in [0.15, 0.2) is 40.7 Å². The number of hydrogen-bond acceptors (Lipinski definition) is 9. The monoisotopic (exact) mass is 479 g/mol. The number of rotatable bonds is 8. The standard InChI is InChI=1S/C19H18ClN5O4S2/c1-10-13(20)5-4-6-14(10)22-18-23-24-19(31-18)30-11(2)17(26)21-15-9-12(25(27)28)7-8-16(15)29-3/h4-9,11H,1-3H3,(H,21,26)(H,22,23). The molecule has 162 valence electrons. The van der Waals surface area contributed by atoms with E-state index in [1.165, 1.54) is 48.4 Å². The van der Waals surface area contributed by atoms with Crippen LogP contribution in [-0.4, -0.2) is 33.4 Å². The molecule has 1 amide bonds. The first kappa shape index (κ1) is 22.8. The maximum Gasteiger partial charge on any atom is 0.271 e. The summed E-state index contributed by atoms with van der Waals surface area (Å²) in [5.41, 5.74) is 1.80. The molecule has 0 saturated carbocycles. The Kier molecular flexibility index (Phi) is 7.31. The Morgan fingerprint density at radius 1 is 1.29 bits per heavy atom. The molecule has 1 unspecified atom stereocenters. The fourth-order valence-corrected chi connectivity index (χ4v) is 4.60. The largest absolute Gasteiger partial charge is 0.495 e. The smallest absolute Gasteiger partial charge is 0.271 e. The van der Waals surface area contributed by atoms with E-state index in [4.69, 9.17) is 16.3 Å². The van der Waals surface area contributed by atoms with Crippen molar-refractivity contribution in [3.63, 3.8) is 0 Å². The average molecular weight is 480 g/mol. The first-order valence-corrected chi connectivity index (χ1v) is 11.0. The Bertz CT molecular complexity index is 1120. The minimum absolute atomic E-state index is 0.146. The molecule has 2 N–H and O–H groups in total. The van der Waals surface area contributed by atoms with Crippen LogP contribution in [0.2, 0.25) is 5.02 Å². The van der Waals surface area contributed by atoms with Crippen molar-refractivity contribution in [3.8, 4) is 5.75 Å². The molecule has 12 heteroatoms. The molecule has 0 aliphatic heterocycles. The number of nitro benzene ring substituents is 1. The van der Waals surface area contributed by atoms with Gasteiger partial charge in [0.25, 0.3) is 5.69 Å². The zero-order chi connectivity index (χ0) is 22.5. The second-order valence-corrected chi connectivity index (χ2v) is 9.27. The van der Waals surface area contributed by atoms with Crippen LogP contribution in [-0.2, 0) is 4.79 Å². The summed E-state index contributed by atoms with van der Waals surface area (Å²) in [6.45, 7) is 3.61. The summed E-state index contributed by atoms with van der Waals surface area (Å²) in [6.07, 6.45) is 0. The number of thioether (sulfide) groups is 1. The summed E-state index contributed by atoms with van der Waals surface area (Å²) in [5.74, 6) is -0.0189. The molecule has 0 saturated heterocycles. The third-order valence-corrected chi connectivity index (χ3v) is 6.65. The van der Waals surface area contributed by atoms with E-state index < -0.39 is 10.2 Å². The maximum absolute atomic E-state index is 12.6. The van der Waals surface area contributed by atoms with E-state index in [1.54, 1.807) is 13.0 Å². The molecule has 31 heavy (non-hydrogen) atoms. The molecule has 9 nitrogen and oxygen atoms in total. The van der Waals surface area contributed by atoms with Gasteiger partial charge in [-0.3, -0.25) is 14.9 Å². The lowest BCUT2D eigenvalue weighted by Crippen LogP contribution is -2.22. The minimum Gasteiger partial charge on any atom is -0.495 e. The summed E-state index contributed by atoms with van der Waals surface area (Å²) in [7, 11) is 1.42. The molecule has 3 rings (SSSR count). The lowest BCUT2D eigenvalue weighted by molar-refractivity contribution is -0.384. The van der Waals surface area contributed by atoms with Crippen LogP contribution in [0.25, 0.3) is 0 Å². The number of hydrogen-bond donors (Lipinski definition) is 2. The number of carbonyl (C=O) groups excluding carboxylic acids is 1. The molecule has 1 heterocycles. The number of non-ortho nitro benzene ring substituents is 1. The quantitative estimate of drug-likeness (QED) is 0.254. The Hall–Kier alpha value is -2.89. The molecule has 0 aliphatic carbocycles. The van der Waals surface area contributed by atoms with Crippen molar-refractivity contribution in [3.05, 3.63) is 57.1 Å². The van der Waals surface area contributed by atoms with Gasteiger partial charge in [-0.15, -0.1) is 10.2 Å². The molecule has 3 aromatic rings. The van der Waals surface area contributed by atoms with E-state index in [1.807, 2.05) is 19.1 Å². The summed E-state index contributed by atoms with van der Waals surface area (Å²) >= 11 is 8.66. The Morgan fingerprint density at radius 2 is 2.06 bits per heavy atom. The molecule has 0 bridgehead atoms. The van der Waals surface area contributed by atoms with Crippen LogP contribution in [0, 0.1) is 17.0 Å². The SMILES string of the molecule is COc1ccc([N+](=O)[O-])cc1NC(=O)C(C)Sc1nnc(Nc2cccc(Cl)c2C)s1. The molecule has 0 spiro atoms. The topological polar surface area (TPSA) is 119 Å². The van der Waals surface area contributed by atoms with E-state index in [9.17, 15) is 14.9 Å². The van der Waals surface area contributed by atoms with Crippen LogP contribution in [0.4, 0.5) is 22.2 Å². The Labute approximate surface area is 191 Å². The second-order valence-electron chi connectivity index (χ2n) is 6.30. The van der Waals surface area contributed by atoms with E-state index in [0.717, 1.165) is 11.3 Å². The van der Waals surface area contributed by atoms with Crippen molar-refractivity contribution in [2.75, 3.05) is 17.7 Å². The average Bonchev–Trinajstić information content (AvgIpc) is 3.18. The van der Waals surface area contributed by atoms with E-state index in [-0.39, 0.29) is 17.3 Å². The van der Waals surface area contributed by atoms with Crippen LogP contribution < -0.4 is 15.4 Å². The van der Waals surface area contributed by atoms with Crippen LogP contribution >= 0.6 is 34.7 Å². The molecular weight excluding hydrogens is 462 g/mol. The molecule has 2 aromatic carbocycles. The van der Waals surface area contributed by atoms with Gasteiger partial charge < -0.3 is 15.4 Å². The Morgan fingerprint density at radius 3 is 2.77 bits per heavy atom. The molecule has 0 fully saturated rings. The van der Waals surface area contributed by atoms with Gasteiger partial charge in [0.15, 0.2) is 4.34 Å². The zero-order valence-corrected chi connectivity index (χ0v) is 19.1. The van der Waals surface area contributed by atoms with Crippen molar-refractivity contribution in [1.82, 2.24) is 10.2 Å². The van der Waals surface area contributed by atoms with E-state index in [0.29, 0.717) is 20.2 Å². The molecular formula is C19H18ClN5O4S2. The first-order valence-electron chi connectivity index (χ1n) is 8.94. The van der Waals surface area contributed by atoms with Crippen molar-refractivity contribution < 1.29 is 14.5 Å². The fourth-order valence-electron chi connectivity index (χ4n) is 2.51. The number of ether oxygens (including phenoxy) is 1. The van der Waals surface area contributed by atoms with Crippen molar-refractivity contribution in [2.24, 2.45) is 0 Å². The number of carbonyl (C=O) groups is 1. The number of nitrogens with one attached hydrogen (secondary N) is 2. The predicted molar refractivity (Wildman–Crippen MR) is 123 cm³/mol. The number of halogens is 1. The third kappa shape index (κ3) is 5.63. The van der Waals surface area contributed by atoms with Gasteiger partial charge in [-0.1, -0.05) is 40.8 Å². The van der Waals surface area contributed by atoms with E-state index >= 15 is 0 Å². The maximum atomic E-state index is 12.6. The predicted octanol–water partition coefficient (Wildman–Crippen LogP) is 5.28. The zero-order valence-electron chi connectivity index (χ0n) is 16.7. The first-order chi connectivity index (χ1) is 14.8. The lowest BCUT2D eigenvalue weighted by atomic mass is 10.2. The molecule has 0 aliphatic rings. The highest BCUT2D eigenvalue weighted by Crippen LogP contribution is 2.34. The van der Waals surface area contributed by atoms with E-state index in [2.05, 4.69) is 20.8 Å². The number of benzene rings is 2. The Balaban J connectivity index is 1.66. The summed E-state index contributed by atoms with van der Waals surface area (Å²) in [6, 6.07) is 9.53. The van der Waals surface area contributed by atoms with Crippen LogP contribution in [0.3, 0.4) is 0 Å². The number of nitrogens with zero attached hydrogens (tertiary/aromatic N) is 3. The van der Waals surface area contributed by atoms with Crippen molar-refractivity contribution >= 4 is 62.8 Å². The molecule has 1 atom stereocenters. The summed E-state index contributed by atoms with van der Waals surface area (Å²) in [4.78, 5) is 23.1. The molecule has 1 aromatic heterocycles. The number of aromatic nitrogens is 2. The number of methoxy groups -OCH3 is 1. The fraction of sp³-hybridized carbons (Fsp3) is 0.211. The second kappa shape index (κ2) is 9.94. The minimum atomic E-state index is -0.537. The van der Waals surface area contributed by atoms with Gasteiger partial charge in [0.05, 0.1) is 23.0 Å². The lowest BCUT2D eigenvalue weighted by Gasteiger charge is -2.13. The van der Waals surface area contributed by atoms with Crippen molar-refractivity contribution in [2.45, 2.75) is 23.4 Å². The number of anilines is 3. The highest BCUT2D eigenvalue weighted by atomic mass is 35.5. The van der Waals surface area contributed by atoms with Gasteiger partial charge in [-0.05, 0) is 37.6 Å². The van der Waals surface area contributed by atoms with Gasteiger partial charge in [0, 0.05) is 22.8 Å². The summed E-state index contributed by atoms with van der Waals surface area (Å²) in [5, 5.41) is 25.8. The number of amides is 1. The molecule has 0 radical (unpaired) electrons. The van der Waals surface area contributed by atoms with Gasteiger partial charge >= 0.3 is 0 Å².